The average Bonchev–Trinajstić information content (AvgIpc) is 2.84. The summed E-state index contributed by atoms with van der Waals surface area (Å²) >= 11 is 0. The molecule has 4 rings (SSSR count). The normalized spacial score (nSPS) is 14.2. The molecule has 0 aliphatic carbocycles. The van der Waals surface area contributed by atoms with Gasteiger partial charge in [0.05, 0.1) is 25.4 Å². The fourth-order valence-electron chi connectivity index (χ4n) is 3.55. The van der Waals surface area contributed by atoms with Crippen molar-refractivity contribution in [3.8, 4) is 5.69 Å². The van der Waals surface area contributed by atoms with Gasteiger partial charge < -0.3 is 10.1 Å². The Kier molecular flexibility index (Phi) is 7.06. The molecule has 2 aromatic carbocycles. The van der Waals surface area contributed by atoms with Crippen LogP contribution in [0, 0.1) is 5.82 Å². The first-order valence-electron chi connectivity index (χ1n) is 10.7. The first kappa shape index (κ1) is 22.6. The van der Waals surface area contributed by atoms with Gasteiger partial charge in [-0.05, 0) is 29.8 Å². The number of ether oxygens (including phenoxy) is 1. The van der Waals surface area contributed by atoms with E-state index in [2.05, 4.69) is 15.3 Å². The summed E-state index contributed by atoms with van der Waals surface area (Å²) < 4.78 is 20.6. The molecular formula is C23H24FN5O4. The van der Waals surface area contributed by atoms with Crippen molar-refractivity contribution in [2.75, 3.05) is 39.4 Å². The van der Waals surface area contributed by atoms with Gasteiger partial charge in [0, 0.05) is 26.2 Å². The van der Waals surface area contributed by atoms with Crippen LogP contribution in [-0.4, -0.2) is 64.5 Å². The molecule has 3 aromatic rings. The quantitative estimate of drug-likeness (QED) is 0.564. The Morgan fingerprint density at radius 3 is 2.42 bits per heavy atom. The summed E-state index contributed by atoms with van der Waals surface area (Å²) in [5.74, 6) is -1.16. The van der Waals surface area contributed by atoms with Gasteiger partial charge >= 0.3 is 5.69 Å². The molecule has 1 aromatic heterocycles. The van der Waals surface area contributed by atoms with E-state index in [1.165, 1.54) is 24.3 Å². The van der Waals surface area contributed by atoms with Gasteiger partial charge in [0.25, 0.3) is 11.5 Å². The Morgan fingerprint density at radius 2 is 1.73 bits per heavy atom. The largest absolute Gasteiger partial charge is 0.379 e. The van der Waals surface area contributed by atoms with Gasteiger partial charge in [0.1, 0.15) is 5.82 Å². The van der Waals surface area contributed by atoms with E-state index in [9.17, 15) is 18.8 Å². The lowest BCUT2D eigenvalue weighted by Crippen LogP contribution is -2.47. The molecule has 10 heteroatoms. The Morgan fingerprint density at radius 1 is 1.03 bits per heavy atom. The molecule has 1 fully saturated rings. The molecule has 0 spiro atoms. The molecule has 0 radical (unpaired) electrons. The van der Waals surface area contributed by atoms with Crippen LogP contribution in [0.1, 0.15) is 16.1 Å². The Labute approximate surface area is 189 Å². The molecule has 1 N–H and O–H groups in total. The van der Waals surface area contributed by atoms with Crippen molar-refractivity contribution < 1.29 is 13.9 Å². The molecule has 0 atom stereocenters. The topological polar surface area (TPSA) is 98.5 Å². The minimum absolute atomic E-state index is 0.0315. The van der Waals surface area contributed by atoms with Gasteiger partial charge in [0.2, 0.25) is 5.69 Å². The van der Waals surface area contributed by atoms with Crippen LogP contribution in [0.4, 0.5) is 4.39 Å². The smallest absolute Gasteiger partial charge is 0.352 e. The van der Waals surface area contributed by atoms with E-state index < -0.39 is 28.7 Å². The van der Waals surface area contributed by atoms with Crippen LogP contribution in [-0.2, 0) is 11.3 Å². The first-order valence-corrected chi connectivity index (χ1v) is 10.7. The molecule has 0 bridgehead atoms. The molecule has 1 saturated heterocycles. The van der Waals surface area contributed by atoms with E-state index >= 15 is 0 Å². The number of halogens is 1. The van der Waals surface area contributed by atoms with Crippen LogP contribution in [0.3, 0.4) is 0 Å². The van der Waals surface area contributed by atoms with Crippen molar-refractivity contribution in [3.05, 3.63) is 92.5 Å². The second kappa shape index (κ2) is 10.3. The maximum Gasteiger partial charge on any atom is 0.352 e. The summed E-state index contributed by atoms with van der Waals surface area (Å²) in [7, 11) is 0. The van der Waals surface area contributed by atoms with Crippen molar-refractivity contribution in [3.63, 3.8) is 0 Å². The van der Waals surface area contributed by atoms with Crippen LogP contribution in [0.5, 0.6) is 0 Å². The number of hydrogen-bond donors (Lipinski definition) is 1. The van der Waals surface area contributed by atoms with E-state index in [1.54, 1.807) is 24.3 Å². The maximum atomic E-state index is 13.4. The molecule has 1 aliphatic rings. The lowest BCUT2D eigenvalue weighted by Gasteiger charge is -2.26. The molecule has 0 saturated carbocycles. The first-order chi connectivity index (χ1) is 16.0. The SMILES string of the molecule is O=C(NCCN1CCOCC1)c1nn(-c2ccc(F)cc2)c(=O)n(Cc2ccccc2)c1=O. The van der Waals surface area contributed by atoms with Gasteiger partial charge in [-0.15, -0.1) is 0 Å². The van der Waals surface area contributed by atoms with Crippen LogP contribution >= 0.6 is 0 Å². The predicted molar refractivity (Wildman–Crippen MR) is 119 cm³/mol. The van der Waals surface area contributed by atoms with Gasteiger partial charge in [-0.3, -0.25) is 19.1 Å². The highest BCUT2D eigenvalue weighted by Gasteiger charge is 2.21. The fourth-order valence-corrected chi connectivity index (χ4v) is 3.55. The molecule has 1 aliphatic heterocycles. The monoisotopic (exact) mass is 453 g/mol. The van der Waals surface area contributed by atoms with Crippen molar-refractivity contribution in [2.24, 2.45) is 0 Å². The molecule has 2 heterocycles. The number of morpholine rings is 1. The second-order valence-corrected chi connectivity index (χ2v) is 7.61. The number of hydrogen-bond acceptors (Lipinski definition) is 6. The number of rotatable bonds is 7. The standard InChI is InChI=1S/C23H24FN5O4/c24-18-6-8-19(9-7-18)29-23(32)28(16-17-4-2-1-3-5-17)22(31)20(26-29)21(30)25-10-11-27-12-14-33-15-13-27/h1-9H,10-16H2,(H,25,30). The highest BCUT2D eigenvalue weighted by atomic mass is 19.1. The summed E-state index contributed by atoms with van der Waals surface area (Å²) in [5.41, 5.74) is -0.957. The Hall–Kier alpha value is -3.63. The fraction of sp³-hybridized carbons (Fsp3) is 0.304. The summed E-state index contributed by atoms with van der Waals surface area (Å²) in [6.07, 6.45) is 0. The van der Waals surface area contributed by atoms with Crippen molar-refractivity contribution >= 4 is 5.91 Å². The van der Waals surface area contributed by atoms with Gasteiger partial charge in [-0.25, -0.2) is 9.18 Å². The third kappa shape index (κ3) is 5.41. The zero-order chi connectivity index (χ0) is 23.2. The molecule has 1 amide bonds. The number of carbonyl (C=O) groups excluding carboxylic acids is 1. The third-order valence-corrected chi connectivity index (χ3v) is 5.35. The number of nitrogens with one attached hydrogen (secondary N) is 1. The molecule has 33 heavy (non-hydrogen) atoms. The van der Waals surface area contributed by atoms with Gasteiger partial charge in [-0.1, -0.05) is 30.3 Å². The van der Waals surface area contributed by atoms with E-state index in [4.69, 9.17) is 4.74 Å². The minimum Gasteiger partial charge on any atom is -0.379 e. The van der Waals surface area contributed by atoms with Gasteiger partial charge in [0.15, 0.2) is 0 Å². The molecular weight excluding hydrogens is 429 g/mol. The zero-order valence-electron chi connectivity index (χ0n) is 17.9. The summed E-state index contributed by atoms with van der Waals surface area (Å²) in [6.45, 7) is 3.71. The molecule has 0 unspecified atom stereocenters. The van der Waals surface area contributed by atoms with Crippen molar-refractivity contribution in [1.82, 2.24) is 24.6 Å². The lowest BCUT2D eigenvalue weighted by molar-refractivity contribution is 0.0383. The average molecular weight is 453 g/mol. The summed E-state index contributed by atoms with van der Waals surface area (Å²) in [4.78, 5) is 41.2. The van der Waals surface area contributed by atoms with Crippen LogP contribution in [0.2, 0.25) is 0 Å². The van der Waals surface area contributed by atoms with Crippen LogP contribution in [0.15, 0.2) is 64.2 Å². The zero-order valence-corrected chi connectivity index (χ0v) is 17.9. The number of benzene rings is 2. The maximum absolute atomic E-state index is 13.4. The Bertz CT molecular complexity index is 1220. The second-order valence-electron chi connectivity index (χ2n) is 7.61. The van der Waals surface area contributed by atoms with Gasteiger partial charge in [-0.2, -0.15) is 9.78 Å². The summed E-state index contributed by atoms with van der Waals surface area (Å²) in [5, 5.41) is 6.75. The van der Waals surface area contributed by atoms with Crippen LogP contribution in [0.25, 0.3) is 5.69 Å². The van der Waals surface area contributed by atoms with E-state index in [0.717, 1.165) is 22.3 Å². The number of nitrogens with zero attached hydrogens (tertiary/aromatic N) is 4. The predicted octanol–water partition coefficient (Wildman–Crippen LogP) is 0.644. The van der Waals surface area contributed by atoms with Crippen molar-refractivity contribution in [1.29, 1.82) is 0 Å². The molecule has 9 nitrogen and oxygen atoms in total. The van der Waals surface area contributed by atoms with E-state index in [0.29, 0.717) is 31.9 Å². The van der Waals surface area contributed by atoms with E-state index in [-0.39, 0.29) is 12.2 Å². The summed E-state index contributed by atoms with van der Waals surface area (Å²) in [6, 6.07) is 14.0. The highest BCUT2D eigenvalue weighted by Crippen LogP contribution is 2.06. The van der Waals surface area contributed by atoms with E-state index in [1.807, 2.05) is 6.07 Å². The lowest BCUT2D eigenvalue weighted by atomic mass is 10.2. The third-order valence-electron chi connectivity index (χ3n) is 5.35. The Balaban J connectivity index is 1.66. The molecule has 172 valence electrons. The minimum atomic E-state index is -0.786. The number of amides is 1. The highest BCUT2D eigenvalue weighted by molar-refractivity contribution is 5.91. The number of aromatic nitrogens is 3. The van der Waals surface area contributed by atoms with Crippen molar-refractivity contribution in [2.45, 2.75) is 6.54 Å². The number of carbonyl (C=O) groups is 1. The van der Waals surface area contributed by atoms with Crippen LogP contribution < -0.4 is 16.6 Å².